The van der Waals surface area contributed by atoms with Gasteiger partial charge in [0.2, 0.25) is 0 Å². The summed E-state index contributed by atoms with van der Waals surface area (Å²) < 4.78 is 6.26. The second kappa shape index (κ2) is 9.51. The first-order valence-corrected chi connectivity index (χ1v) is 13.7. The summed E-state index contributed by atoms with van der Waals surface area (Å²) in [4.78, 5) is 38.7. The van der Waals surface area contributed by atoms with Crippen molar-refractivity contribution in [3.05, 3.63) is 42.5 Å². The normalized spacial score (nSPS) is 40.8. The summed E-state index contributed by atoms with van der Waals surface area (Å²) in [6.07, 6.45) is 4.96. The highest BCUT2D eigenvalue weighted by Gasteiger charge is 2.68. The van der Waals surface area contributed by atoms with E-state index in [0.717, 1.165) is 30.4 Å². The lowest BCUT2D eigenvalue weighted by Crippen LogP contribution is -2.63. The van der Waals surface area contributed by atoms with Gasteiger partial charge in [0.25, 0.3) is 0 Å². The lowest BCUT2D eigenvalue weighted by atomic mass is 9.44. The molecule has 2 bridgehead atoms. The number of hydrogen-bond acceptors (Lipinski definition) is 6. The van der Waals surface area contributed by atoms with Crippen LogP contribution in [-0.2, 0) is 14.3 Å². The third-order valence-corrected chi connectivity index (χ3v) is 11.0. The maximum absolute atomic E-state index is 13.4. The molecule has 0 aliphatic heterocycles. The number of ether oxygens (including phenoxy) is 1. The number of Topliss-reactive ketones (excluding diaryl/α,β-unsaturated/α-hetero) is 1. The molecular weight excluding hydrogens is 460 g/mol. The fourth-order valence-corrected chi connectivity index (χ4v) is 8.34. The Morgan fingerprint density at radius 1 is 1.26 bits per heavy atom. The molecule has 1 aromatic rings. The van der Waals surface area contributed by atoms with Crippen molar-refractivity contribution < 1.29 is 24.2 Å². The minimum atomic E-state index is -0.679. The van der Waals surface area contributed by atoms with Gasteiger partial charge in [0.1, 0.15) is 11.9 Å². The predicted octanol–water partition coefficient (Wildman–Crippen LogP) is 5.50. The molecule has 1 N–H and O–H groups in total. The first-order valence-electron chi connectivity index (χ1n) is 12.7. The van der Waals surface area contributed by atoms with Gasteiger partial charge >= 0.3 is 5.97 Å². The van der Waals surface area contributed by atoms with E-state index in [0.29, 0.717) is 18.4 Å². The highest BCUT2D eigenvalue weighted by molar-refractivity contribution is 8.00. The Hall–Kier alpha value is -1.92. The molecule has 3 unspecified atom stereocenters. The number of thioether (sulfide) groups is 1. The molecular formula is C29H38O5S. The van der Waals surface area contributed by atoms with Crippen LogP contribution in [0.25, 0.3) is 0 Å². The van der Waals surface area contributed by atoms with Crippen LogP contribution in [0.2, 0.25) is 0 Å². The highest BCUT2D eigenvalue weighted by Crippen LogP contribution is 2.68. The van der Waals surface area contributed by atoms with Gasteiger partial charge in [0.05, 0.1) is 11.9 Å². The zero-order valence-corrected chi connectivity index (χ0v) is 22.1. The highest BCUT2D eigenvalue weighted by atomic mass is 32.2. The molecule has 0 radical (unpaired) electrons. The van der Waals surface area contributed by atoms with Gasteiger partial charge in [-0.05, 0) is 49.0 Å². The Labute approximate surface area is 213 Å². The molecule has 3 saturated carbocycles. The Bertz CT molecular complexity index is 1020. The van der Waals surface area contributed by atoms with Crippen LogP contribution in [0.4, 0.5) is 0 Å². The number of rotatable bonds is 6. The number of ketones is 1. The summed E-state index contributed by atoms with van der Waals surface area (Å²) >= 11 is 1.28. The molecule has 5 nitrogen and oxygen atoms in total. The summed E-state index contributed by atoms with van der Waals surface area (Å²) in [5.41, 5.74) is -0.915. The van der Waals surface area contributed by atoms with E-state index in [1.807, 2.05) is 25.1 Å². The average molecular weight is 499 g/mol. The van der Waals surface area contributed by atoms with Crippen molar-refractivity contribution in [3.63, 3.8) is 0 Å². The van der Waals surface area contributed by atoms with Gasteiger partial charge in [-0.25, -0.2) is 0 Å². The number of esters is 1. The van der Waals surface area contributed by atoms with Crippen LogP contribution in [0.3, 0.4) is 0 Å². The first-order chi connectivity index (χ1) is 16.5. The Morgan fingerprint density at radius 3 is 2.66 bits per heavy atom. The third kappa shape index (κ3) is 4.11. The molecule has 6 heteroatoms. The van der Waals surface area contributed by atoms with E-state index in [1.165, 1.54) is 11.8 Å². The number of hydrogen-bond donors (Lipinski definition) is 1. The smallest absolute Gasteiger partial charge is 0.316 e. The lowest BCUT2D eigenvalue weighted by Gasteiger charge is -2.61. The van der Waals surface area contributed by atoms with E-state index >= 15 is 0 Å². The fourth-order valence-electron chi connectivity index (χ4n) is 7.54. The standard InChI is InChI=1S/C29H38O5S/c1-6-27(4)15-23(34-24(32)17-35-22-10-8-7-9-20(22)16-30)28(5)18(2)11-13-29(19(3)26(27)33)14-12-21(31)25(28)29/h6-10,16,18-19,23,25-26,33H,1,11-15,17H2,2-5H3/t18?,19-,23+,25?,26-,27+,28-,29?/m0/s1. The monoisotopic (exact) mass is 498 g/mol. The van der Waals surface area contributed by atoms with Crippen molar-refractivity contribution in [2.45, 2.75) is 76.9 Å². The summed E-state index contributed by atoms with van der Waals surface area (Å²) in [6, 6.07) is 7.17. The molecule has 0 aromatic heterocycles. The maximum Gasteiger partial charge on any atom is 0.316 e. The van der Waals surface area contributed by atoms with Crippen molar-refractivity contribution in [2.75, 3.05) is 5.75 Å². The second-order valence-corrected chi connectivity index (χ2v) is 12.5. The average Bonchev–Trinajstić information content (AvgIpc) is 3.21. The number of benzene rings is 1. The fraction of sp³-hybridized carbons (Fsp3) is 0.621. The van der Waals surface area contributed by atoms with E-state index < -0.39 is 23.0 Å². The van der Waals surface area contributed by atoms with Gasteiger partial charge in [-0.1, -0.05) is 52.0 Å². The summed E-state index contributed by atoms with van der Waals surface area (Å²) in [7, 11) is 0. The number of carbonyl (C=O) groups excluding carboxylic acids is 3. The van der Waals surface area contributed by atoms with Crippen molar-refractivity contribution in [1.29, 1.82) is 0 Å². The second-order valence-electron chi connectivity index (χ2n) is 11.5. The SMILES string of the molecule is C=C[C@]1(C)C[C@@H](OC(=O)CSc2ccccc2C=O)[C@]2(C)C(C)CCC3(CCC(=O)C32)[C@@H](C)[C@@H]1O. The Morgan fingerprint density at radius 2 is 1.97 bits per heavy atom. The molecule has 3 aliphatic carbocycles. The van der Waals surface area contributed by atoms with Crippen LogP contribution >= 0.6 is 11.8 Å². The minimum Gasteiger partial charge on any atom is -0.461 e. The Balaban J connectivity index is 1.69. The summed E-state index contributed by atoms with van der Waals surface area (Å²) in [5.74, 6) is -0.152. The van der Waals surface area contributed by atoms with Crippen molar-refractivity contribution >= 4 is 29.8 Å². The van der Waals surface area contributed by atoms with E-state index in [-0.39, 0.29) is 40.7 Å². The minimum absolute atomic E-state index is 0.0548. The number of carbonyl (C=O) groups is 3. The molecule has 3 fully saturated rings. The molecule has 0 spiro atoms. The zero-order valence-electron chi connectivity index (χ0n) is 21.3. The Kier molecular flexibility index (Phi) is 7.11. The van der Waals surface area contributed by atoms with Gasteiger partial charge in [0.15, 0.2) is 6.29 Å². The van der Waals surface area contributed by atoms with Crippen LogP contribution in [0.5, 0.6) is 0 Å². The van der Waals surface area contributed by atoms with Gasteiger partial charge < -0.3 is 9.84 Å². The largest absolute Gasteiger partial charge is 0.461 e. The van der Waals surface area contributed by atoms with Gasteiger partial charge in [-0.3, -0.25) is 14.4 Å². The number of aliphatic hydroxyl groups is 1. The van der Waals surface area contributed by atoms with Crippen molar-refractivity contribution in [1.82, 2.24) is 0 Å². The summed E-state index contributed by atoms with van der Waals surface area (Å²) in [6.45, 7) is 12.5. The molecule has 0 heterocycles. The predicted molar refractivity (Wildman–Crippen MR) is 137 cm³/mol. The van der Waals surface area contributed by atoms with E-state index in [1.54, 1.807) is 12.1 Å². The van der Waals surface area contributed by atoms with Gasteiger partial charge in [-0.15, -0.1) is 18.3 Å². The summed E-state index contributed by atoms with van der Waals surface area (Å²) in [5, 5.41) is 11.6. The van der Waals surface area contributed by atoms with Crippen LogP contribution in [0, 0.1) is 34.0 Å². The van der Waals surface area contributed by atoms with E-state index in [2.05, 4.69) is 27.4 Å². The molecule has 190 valence electrons. The van der Waals surface area contributed by atoms with Crippen LogP contribution < -0.4 is 0 Å². The third-order valence-electron chi connectivity index (χ3n) is 9.97. The maximum atomic E-state index is 13.4. The van der Waals surface area contributed by atoms with Crippen LogP contribution in [-0.4, -0.2) is 41.1 Å². The molecule has 8 atom stereocenters. The van der Waals surface area contributed by atoms with Gasteiger partial charge in [0, 0.05) is 33.6 Å². The first kappa shape index (κ1) is 26.2. The van der Waals surface area contributed by atoms with Crippen LogP contribution in [0.15, 0.2) is 41.8 Å². The van der Waals surface area contributed by atoms with Crippen LogP contribution in [0.1, 0.15) is 70.2 Å². The van der Waals surface area contributed by atoms with E-state index in [9.17, 15) is 19.5 Å². The lowest BCUT2D eigenvalue weighted by molar-refractivity contribution is -0.205. The molecule has 3 aliphatic rings. The molecule has 0 saturated heterocycles. The van der Waals surface area contributed by atoms with E-state index in [4.69, 9.17) is 4.74 Å². The molecule has 4 rings (SSSR count). The zero-order chi connectivity index (χ0) is 25.6. The van der Waals surface area contributed by atoms with Gasteiger partial charge in [-0.2, -0.15) is 0 Å². The quantitative estimate of drug-likeness (QED) is 0.241. The molecule has 0 amide bonds. The van der Waals surface area contributed by atoms with Crippen molar-refractivity contribution in [3.8, 4) is 0 Å². The number of aliphatic hydroxyl groups excluding tert-OH is 1. The molecule has 35 heavy (non-hydrogen) atoms. The van der Waals surface area contributed by atoms with Crippen molar-refractivity contribution in [2.24, 2.45) is 34.0 Å². The molecule has 1 aromatic carbocycles. The topological polar surface area (TPSA) is 80.7 Å². The number of aldehydes is 1.